The van der Waals surface area contributed by atoms with Crippen molar-refractivity contribution in [3.05, 3.63) is 47.7 Å². The second kappa shape index (κ2) is 5.88. The minimum absolute atomic E-state index is 0.172. The van der Waals surface area contributed by atoms with Gasteiger partial charge in [0.15, 0.2) is 0 Å². The third kappa shape index (κ3) is 2.67. The maximum atomic E-state index is 12.2. The van der Waals surface area contributed by atoms with Gasteiger partial charge in [-0.25, -0.2) is 0 Å². The van der Waals surface area contributed by atoms with Gasteiger partial charge in [0.1, 0.15) is 11.5 Å². The Balaban J connectivity index is 1.92. The molecule has 0 aromatic heterocycles. The Labute approximate surface area is 125 Å². The second-order valence-electron chi connectivity index (χ2n) is 5.80. The van der Waals surface area contributed by atoms with Gasteiger partial charge >= 0.3 is 0 Å². The molecule has 0 N–H and O–H groups in total. The molecule has 2 aliphatic rings. The predicted molar refractivity (Wildman–Crippen MR) is 82.4 cm³/mol. The Hall–Kier alpha value is -1.83. The van der Waals surface area contributed by atoms with Gasteiger partial charge in [-0.2, -0.15) is 0 Å². The van der Waals surface area contributed by atoms with E-state index in [2.05, 4.69) is 29.3 Å². The quantitative estimate of drug-likeness (QED) is 0.780. The SMILES string of the molecule is C=C=C1CCCN2[C@@H]1CC(=O)C[C@@H]2c1ccc(OC)cc1. The molecule has 0 aliphatic carbocycles. The number of piperidine rings is 2. The molecule has 110 valence electrons. The van der Waals surface area contributed by atoms with Crippen LogP contribution < -0.4 is 4.74 Å². The van der Waals surface area contributed by atoms with Crippen LogP contribution in [0, 0.1) is 0 Å². The number of hydrogen-bond acceptors (Lipinski definition) is 3. The molecule has 1 aromatic rings. The Morgan fingerprint density at radius 3 is 2.62 bits per heavy atom. The number of methoxy groups -OCH3 is 1. The van der Waals surface area contributed by atoms with Crippen LogP contribution in [-0.4, -0.2) is 30.4 Å². The third-order valence-corrected chi connectivity index (χ3v) is 4.64. The minimum atomic E-state index is 0.172. The van der Waals surface area contributed by atoms with Crippen molar-refractivity contribution in [1.29, 1.82) is 0 Å². The zero-order chi connectivity index (χ0) is 14.8. The van der Waals surface area contributed by atoms with Gasteiger partial charge in [-0.15, -0.1) is 5.73 Å². The number of carbonyl (C=O) groups is 1. The van der Waals surface area contributed by atoms with E-state index in [1.165, 1.54) is 11.1 Å². The smallest absolute Gasteiger partial charge is 0.136 e. The zero-order valence-electron chi connectivity index (χ0n) is 12.5. The van der Waals surface area contributed by atoms with E-state index in [0.717, 1.165) is 25.1 Å². The first kappa shape index (κ1) is 14.1. The second-order valence-corrected chi connectivity index (χ2v) is 5.80. The monoisotopic (exact) mass is 283 g/mol. The minimum Gasteiger partial charge on any atom is -0.497 e. The van der Waals surface area contributed by atoms with Crippen LogP contribution in [0.2, 0.25) is 0 Å². The maximum absolute atomic E-state index is 12.2. The standard InChI is InChI=1S/C18H21NO2/c1-3-13-5-4-10-19-17(13)11-15(20)12-18(19)14-6-8-16(21-2)9-7-14/h6-9,17-18H,1,4-5,10-12H2,2H3/t17-,18-/m1/s1. The first-order valence-corrected chi connectivity index (χ1v) is 7.53. The number of rotatable bonds is 2. The van der Waals surface area contributed by atoms with Crippen molar-refractivity contribution in [2.24, 2.45) is 0 Å². The van der Waals surface area contributed by atoms with Crippen LogP contribution >= 0.6 is 0 Å². The number of carbonyl (C=O) groups excluding carboxylic acids is 1. The summed E-state index contributed by atoms with van der Waals surface area (Å²) in [5.41, 5.74) is 5.46. The molecule has 21 heavy (non-hydrogen) atoms. The number of nitrogens with zero attached hydrogens (tertiary/aromatic N) is 1. The topological polar surface area (TPSA) is 29.5 Å². The summed E-state index contributed by atoms with van der Waals surface area (Å²) in [5, 5.41) is 0. The van der Waals surface area contributed by atoms with Crippen molar-refractivity contribution >= 4 is 5.78 Å². The van der Waals surface area contributed by atoms with Crippen LogP contribution in [0.3, 0.4) is 0 Å². The van der Waals surface area contributed by atoms with E-state index in [9.17, 15) is 4.79 Å². The van der Waals surface area contributed by atoms with Gasteiger partial charge in [-0.05, 0) is 42.7 Å². The molecule has 0 amide bonds. The molecule has 2 aliphatic heterocycles. The van der Waals surface area contributed by atoms with Gasteiger partial charge in [-0.3, -0.25) is 9.69 Å². The van der Waals surface area contributed by atoms with E-state index < -0.39 is 0 Å². The van der Waals surface area contributed by atoms with E-state index in [-0.39, 0.29) is 12.1 Å². The Morgan fingerprint density at radius 1 is 1.24 bits per heavy atom. The highest BCUT2D eigenvalue weighted by atomic mass is 16.5. The van der Waals surface area contributed by atoms with E-state index in [4.69, 9.17) is 4.74 Å². The fourth-order valence-corrected chi connectivity index (χ4v) is 3.56. The van der Waals surface area contributed by atoms with Gasteiger partial charge in [0, 0.05) is 24.9 Å². The number of hydrogen-bond donors (Lipinski definition) is 0. The molecular formula is C18H21NO2. The zero-order valence-corrected chi connectivity index (χ0v) is 12.5. The van der Waals surface area contributed by atoms with Gasteiger partial charge in [0.05, 0.1) is 7.11 Å². The van der Waals surface area contributed by atoms with Crippen molar-refractivity contribution in [3.63, 3.8) is 0 Å². The van der Waals surface area contributed by atoms with E-state index >= 15 is 0 Å². The van der Waals surface area contributed by atoms with E-state index in [1.807, 2.05) is 12.1 Å². The fourth-order valence-electron chi connectivity index (χ4n) is 3.56. The highest BCUT2D eigenvalue weighted by molar-refractivity contribution is 5.81. The molecule has 3 rings (SSSR count). The van der Waals surface area contributed by atoms with Crippen molar-refractivity contribution in [2.75, 3.05) is 13.7 Å². The molecule has 0 radical (unpaired) electrons. The molecule has 2 atom stereocenters. The molecule has 2 saturated heterocycles. The molecule has 0 bridgehead atoms. The largest absolute Gasteiger partial charge is 0.497 e. The van der Waals surface area contributed by atoms with Crippen LogP contribution in [0.25, 0.3) is 0 Å². The highest BCUT2D eigenvalue weighted by Gasteiger charge is 2.38. The Kier molecular flexibility index (Phi) is 3.96. The summed E-state index contributed by atoms with van der Waals surface area (Å²) in [6, 6.07) is 8.46. The number of ketones is 1. The third-order valence-electron chi connectivity index (χ3n) is 4.64. The van der Waals surface area contributed by atoms with Crippen LogP contribution in [0.5, 0.6) is 5.75 Å². The predicted octanol–water partition coefficient (Wildman–Crippen LogP) is 3.27. The lowest BCUT2D eigenvalue weighted by Crippen LogP contribution is -2.48. The van der Waals surface area contributed by atoms with Crippen molar-refractivity contribution in [2.45, 2.75) is 37.8 Å². The molecule has 0 unspecified atom stereocenters. The number of benzene rings is 1. The lowest BCUT2D eigenvalue weighted by Gasteiger charge is -2.45. The molecule has 3 heteroatoms. The molecule has 1 aromatic carbocycles. The average molecular weight is 283 g/mol. The van der Waals surface area contributed by atoms with Crippen molar-refractivity contribution in [1.82, 2.24) is 4.90 Å². The Morgan fingerprint density at radius 2 is 1.95 bits per heavy atom. The Bertz CT molecular complexity index is 584. The lowest BCUT2D eigenvalue weighted by atomic mass is 9.83. The summed E-state index contributed by atoms with van der Waals surface area (Å²) >= 11 is 0. The summed E-state index contributed by atoms with van der Waals surface area (Å²) in [6.07, 6.45) is 3.36. The molecule has 2 heterocycles. The first-order valence-electron chi connectivity index (χ1n) is 7.53. The molecular weight excluding hydrogens is 262 g/mol. The summed E-state index contributed by atoms with van der Waals surface area (Å²) in [5.74, 6) is 1.19. The maximum Gasteiger partial charge on any atom is 0.136 e. The van der Waals surface area contributed by atoms with Crippen molar-refractivity contribution in [3.8, 4) is 5.75 Å². The van der Waals surface area contributed by atoms with Gasteiger partial charge in [0.2, 0.25) is 0 Å². The van der Waals surface area contributed by atoms with Crippen LogP contribution in [0.1, 0.15) is 37.3 Å². The number of fused-ring (bicyclic) bond motifs is 1. The summed E-state index contributed by atoms with van der Waals surface area (Å²) in [4.78, 5) is 14.6. The normalized spacial score (nSPS) is 26.1. The summed E-state index contributed by atoms with van der Waals surface area (Å²) in [7, 11) is 1.67. The van der Waals surface area contributed by atoms with Crippen LogP contribution in [0.4, 0.5) is 0 Å². The number of Topliss-reactive ketones (excluding diaryl/α,β-unsaturated/α-hetero) is 1. The molecule has 3 nitrogen and oxygen atoms in total. The number of ether oxygens (including phenoxy) is 1. The molecule has 0 saturated carbocycles. The highest BCUT2D eigenvalue weighted by Crippen LogP contribution is 2.39. The van der Waals surface area contributed by atoms with Gasteiger partial charge in [-0.1, -0.05) is 18.7 Å². The molecule has 0 spiro atoms. The summed E-state index contributed by atoms with van der Waals surface area (Å²) in [6.45, 7) is 4.85. The van der Waals surface area contributed by atoms with Crippen LogP contribution in [0.15, 0.2) is 42.1 Å². The average Bonchev–Trinajstić information content (AvgIpc) is 2.53. The van der Waals surface area contributed by atoms with E-state index in [1.54, 1.807) is 7.11 Å². The van der Waals surface area contributed by atoms with Crippen LogP contribution in [-0.2, 0) is 4.79 Å². The lowest BCUT2D eigenvalue weighted by molar-refractivity contribution is -0.125. The first-order chi connectivity index (χ1) is 10.2. The van der Waals surface area contributed by atoms with Gasteiger partial charge < -0.3 is 4.74 Å². The van der Waals surface area contributed by atoms with Gasteiger partial charge in [0.25, 0.3) is 0 Å². The van der Waals surface area contributed by atoms with Crippen molar-refractivity contribution < 1.29 is 9.53 Å². The van der Waals surface area contributed by atoms with E-state index in [0.29, 0.717) is 18.6 Å². The fraction of sp³-hybridized carbons (Fsp3) is 0.444. The summed E-state index contributed by atoms with van der Waals surface area (Å²) < 4.78 is 5.22. The molecule has 2 fully saturated rings.